The first-order chi connectivity index (χ1) is 8.42. The van der Waals surface area contributed by atoms with E-state index in [0.29, 0.717) is 0 Å². The zero-order valence-corrected chi connectivity index (χ0v) is 9.64. The molecule has 0 bridgehead atoms. The third kappa shape index (κ3) is 2.57. The summed E-state index contributed by atoms with van der Waals surface area (Å²) in [5.74, 6) is -4.08. The number of carbonyl (C=O) groups is 2. The molecule has 1 unspecified atom stereocenters. The molecule has 2 N–H and O–H groups in total. The van der Waals surface area contributed by atoms with Gasteiger partial charge in [-0.05, 0) is 17.7 Å². The Morgan fingerprint density at radius 3 is 2.39 bits per heavy atom. The van der Waals surface area contributed by atoms with Gasteiger partial charge in [-0.15, -0.1) is 0 Å². The molecular weight excluding hydrogens is 247 g/mol. The standard InChI is InChI=1S/C11H11FO6/c1-17-10(15)6-3-5(4-7(12)9(6)14)8(13)11(16)18-2/h3-4,8,13-14H,1-2H3. The summed E-state index contributed by atoms with van der Waals surface area (Å²) in [6, 6.07) is 1.68. The Labute approximate surface area is 102 Å². The zero-order chi connectivity index (χ0) is 13.9. The Kier molecular flexibility index (Phi) is 4.22. The van der Waals surface area contributed by atoms with Crippen LogP contribution in [0.1, 0.15) is 22.0 Å². The molecule has 18 heavy (non-hydrogen) atoms. The predicted molar refractivity (Wildman–Crippen MR) is 56.4 cm³/mol. The molecule has 0 saturated heterocycles. The third-order valence-electron chi connectivity index (χ3n) is 2.23. The third-order valence-corrected chi connectivity index (χ3v) is 2.23. The van der Waals surface area contributed by atoms with Crippen LogP contribution in [-0.4, -0.2) is 36.4 Å². The molecule has 0 fully saturated rings. The number of aliphatic hydroxyl groups excluding tert-OH is 1. The molecule has 7 heteroatoms. The first kappa shape index (κ1) is 13.9. The normalized spacial score (nSPS) is 11.8. The number of carbonyl (C=O) groups excluding carboxylic acids is 2. The summed E-state index contributed by atoms with van der Waals surface area (Å²) >= 11 is 0. The van der Waals surface area contributed by atoms with E-state index in [2.05, 4.69) is 9.47 Å². The van der Waals surface area contributed by atoms with Crippen LogP contribution in [-0.2, 0) is 14.3 Å². The number of esters is 2. The highest BCUT2D eigenvalue weighted by atomic mass is 19.1. The van der Waals surface area contributed by atoms with Crippen molar-refractivity contribution >= 4 is 11.9 Å². The molecule has 1 aromatic carbocycles. The molecule has 1 aromatic rings. The Morgan fingerprint density at radius 1 is 1.28 bits per heavy atom. The first-order valence-electron chi connectivity index (χ1n) is 4.79. The van der Waals surface area contributed by atoms with Crippen LogP contribution in [0.15, 0.2) is 12.1 Å². The number of aromatic hydroxyl groups is 1. The van der Waals surface area contributed by atoms with Crippen molar-refractivity contribution < 1.29 is 33.7 Å². The lowest BCUT2D eigenvalue weighted by atomic mass is 10.0. The van der Waals surface area contributed by atoms with Crippen LogP contribution in [0.2, 0.25) is 0 Å². The SMILES string of the molecule is COC(=O)c1cc(C(O)C(=O)OC)cc(F)c1O. The maximum Gasteiger partial charge on any atom is 0.341 e. The molecule has 0 aliphatic heterocycles. The van der Waals surface area contributed by atoms with E-state index in [1.807, 2.05) is 0 Å². The number of phenols is 1. The Balaban J connectivity index is 3.28. The fourth-order valence-electron chi connectivity index (χ4n) is 1.29. The average Bonchev–Trinajstić information content (AvgIpc) is 2.38. The summed E-state index contributed by atoms with van der Waals surface area (Å²) in [6.45, 7) is 0. The summed E-state index contributed by atoms with van der Waals surface area (Å²) < 4.78 is 21.9. The van der Waals surface area contributed by atoms with Gasteiger partial charge in [-0.2, -0.15) is 0 Å². The minimum Gasteiger partial charge on any atom is -0.504 e. The number of benzene rings is 1. The van der Waals surface area contributed by atoms with Gasteiger partial charge in [0.15, 0.2) is 17.7 Å². The van der Waals surface area contributed by atoms with Crippen LogP contribution >= 0.6 is 0 Å². The Bertz CT molecular complexity index is 485. The minimum atomic E-state index is -1.76. The summed E-state index contributed by atoms with van der Waals surface area (Å²) in [6.07, 6.45) is -1.76. The molecule has 0 amide bonds. The van der Waals surface area contributed by atoms with Crippen molar-refractivity contribution in [2.24, 2.45) is 0 Å². The second-order valence-corrected chi connectivity index (χ2v) is 3.32. The molecule has 0 aliphatic rings. The average molecular weight is 258 g/mol. The molecule has 6 nitrogen and oxygen atoms in total. The molecule has 98 valence electrons. The van der Waals surface area contributed by atoms with Crippen molar-refractivity contribution in [2.75, 3.05) is 14.2 Å². The predicted octanol–water partition coefficient (Wildman–Crippen LogP) is 0.524. The van der Waals surface area contributed by atoms with E-state index in [-0.39, 0.29) is 5.56 Å². The number of phenolic OH excluding ortho intramolecular Hbond substituents is 1. The van der Waals surface area contributed by atoms with Gasteiger partial charge in [0, 0.05) is 0 Å². The fraction of sp³-hybridized carbons (Fsp3) is 0.273. The van der Waals surface area contributed by atoms with Gasteiger partial charge in [0.2, 0.25) is 0 Å². The van der Waals surface area contributed by atoms with Crippen LogP contribution < -0.4 is 0 Å². The van der Waals surface area contributed by atoms with Crippen molar-refractivity contribution in [3.8, 4) is 5.75 Å². The lowest BCUT2D eigenvalue weighted by Crippen LogP contribution is -2.15. The zero-order valence-electron chi connectivity index (χ0n) is 9.64. The van der Waals surface area contributed by atoms with Crippen molar-refractivity contribution in [3.63, 3.8) is 0 Å². The monoisotopic (exact) mass is 258 g/mol. The molecule has 1 rings (SSSR count). The smallest absolute Gasteiger partial charge is 0.341 e. The minimum absolute atomic E-state index is 0.224. The van der Waals surface area contributed by atoms with Crippen molar-refractivity contribution in [1.29, 1.82) is 0 Å². The first-order valence-corrected chi connectivity index (χ1v) is 4.79. The van der Waals surface area contributed by atoms with Gasteiger partial charge in [0.1, 0.15) is 5.56 Å². The quantitative estimate of drug-likeness (QED) is 0.768. The van der Waals surface area contributed by atoms with E-state index in [4.69, 9.17) is 0 Å². The maximum absolute atomic E-state index is 13.3. The van der Waals surface area contributed by atoms with Gasteiger partial charge in [0.05, 0.1) is 14.2 Å². The van der Waals surface area contributed by atoms with Crippen LogP contribution in [0.4, 0.5) is 4.39 Å². The Hall–Kier alpha value is -2.15. The van der Waals surface area contributed by atoms with Crippen molar-refractivity contribution in [3.05, 3.63) is 29.1 Å². The molecule has 1 atom stereocenters. The number of hydrogen-bond acceptors (Lipinski definition) is 6. The van der Waals surface area contributed by atoms with Gasteiger partial charge >= 0.3 is 11.9 Å². The van der Waals surface area contributed by atoms with Gasteiger partial charge in [0.25, 0.3) is 0 Å². The summed E-state index contributed by atoms with van der Waals surface area (Å²) in [5.41, 5.74) is -0.715. The largest absolute Gasteiger partial charge is 0.504 e. The molecule has 0 aromatic heterocycles. The number of rotatable bonds is 3. The van der Waals surface area contributed by atoms with E-state index in [9.17, 15) is 24.2 Å². The number of halogens is 1. The van der Waals surface area contributed by atoms with Gasteiger partial charge in [-0.1, -0.05) is 0 Å². The second kappa shape index (κ2) is 5.46. The van der Waals surface area contributed by atoms with Crippen molar-refractivity contribution in [2.45, 2.75) is 6.10 Å². The maximum atomic E-state index is 13.3. The van der Waals surface area contributed by atoms with E-state index in [1.54, 1.807) is 0 Å². The van der Waals surface area contributed by atoms with Crippen LogP contribution in [0, 0.1) is 5.82 Å². The van der Waals surface area contributed by atoms with E-state index >= 15 is 0 Å². The fourth-order valence-corrected chi connectivity index (χ4v) is 1.29. The van der Waals surface area contributed by atoms with E-state index < -0.39 is 35.2 Å². The highest BCUT2D eigenvalue weighted by Crippen LogP contribution is 2.27. The molecule has 0 heterocycles. The van der Waals surface area contributed by atoms with Gasteiger partial charge in [-0.25, -0.2) is 14.0 Å². The summed E-state index contributed by atoms with van der Waals surface area (Å²) in [5, 5.41) is 18.8. The lowest BCUT2D eigenvalue weighted by Gasteiger charge is -2.11. The topological polar surface area (TPSA) is 93.1 Å². The summed E-state index contributed by atoms with van der Waals surface area (Å²) in [4.78, 5) is 22.3. The molecule has 0 aliphatic carbocycles. The molecule has 0 saturated carbocycles. The van der Waals surface area contributed by atoms with E-state index in [1.165, 1.54) is 0 Å². The number of aliphatic hydroxyl groups is 1. The highest BCUT2D eigenvalue weighted by Gasteiger charge is 2.24. The number of hydrogen-bond donors (Lipinski definition) is 2. The van der Waals surface area contributed by atoms with E-state index in [0.717, 1.165) is 26.4 Å². The number of ether oxygens (including phenoxy) is 2. The van der Waals surface area contributed by atoms with Crippen LogP contribution in [0.5, 0.6) is 5.75 Å². The van der Waals surface area contributed by atoms with Gasteiger partial charge in [-0.3, -0.25) is 0 Å². The highest BCUT2D eigenvalue weighted by molar-refractivity contribution is 5.93. The van der Waals surface area contributed by atoms with Crippen LogP contribution in [0.25, 0.3) is 0 Å². The molecule has 0 spiro atoms. The lowest BCUT2D eigenvalue weighted by molar-refractivity contribution is -0.150. The molecular formula is C11H11FO6. The molecule has 0 radical (unpaired) electrons. The summed E-state index contributed by atoms with van der Waals surface area (Å²) in [7, 11) is 2.09. The Morgan fingerprint density at radius 2 is 1.89 bits per heavy atom. The second-order valence-electron chi connectivity index (χ2n) is 3.32. The van der Waals surface area contributed by atoms with Gasteiger partial charge < -0.3 is 19.7 Å². The van der Waals surface area contributed by atoms with Crippen LogP contribution in [0.3, 0.4) is 0 Å². The van der Waals surface area contributed by atoms with Crippen molar-refractivity contribution in [1.82, 2.24) is 0 Å². The number of methoxy groups -OCH3 is 2.